The van der Waals surface area contributed by atoms with Gasteiger partial charge < -0.3 is 0 Å². The molecule has 0 atom stereocenters. The van der Waals surface area contributed by atoms with Crippen LogP contribution in [0.1, 0.15) is 0 Å². The van der Waals surface area contributed by atoms with Crippen LogP contribution in [-0.4, -0.2) is 13.3 Å². The first-order valence-corrected chi connectivity index (χ1v) is 16.6. The van der Waals surface area contributed by atoms with Gasteiger partial charge >= 0.3 is 159 Å². The minimum absolute atomic E-state index is 1.28. The zero-order chi connectivity index (χ0) is 18.1. The van der Waals surface area contributed by atoms with Crippen molar-refractivity contribution in [3.05, 3.63) is 91.0 Å². The van der Waals surface area contributed by atoms with Gasteiger partial charge in [-0.25, -0.2) is 0 Å². The first-order valence-electron chi connectivity index (χ1n) is 9.22. The summed E-state index contributed by atoms with van der Waals surface area (Å²) in [6, 6.07) is 33.2. The zero-order valence-electron chi connectivity index (χ0n) is 15.7. The molecule has 0 fully saturated rings. The molecule has 0 aromatic heterocycles. The molecule has 0 unspecified atom stereocenters. The van der Waals surface area contributed by atoms with E-state index in [1.54, 1.807) is 4.40 Å². The Hall–Kier alpha value is -2.32. The fourth-order valence-electron chi connectivity index (χ4n) is 3.69. The van der Waals surface area contributed by atoms with Gasteiger partial charge in [-0.1, -0.05) is 0 Å². The van der Waals surface area contributed by atoms with Crippen LogP contribution in [0.25, 0.3) is 33.0 Å². The van der Waals surface area contributed by atoms with Gasteiger partial charge in [0.1, 0.15) is 0 Å². The van der Waals surface area contributed by atoms with Crippen LogP contribution in [0.4, 0.5) is 0 Å². The second-order valence-corrected chi connectivity index (χ2v) is 18.5. The summed E-state index contributed by atoms with van der Waals surface area (Å²) in [5.41, 5.74) is 5.35. The first-order chi connectivity index (χ1) is 12.5. The monoisotopic (exact) mass is 398 g/mol. The summed E-state index contributed by atoms with van der Waals surface area (Å²) >= 11 is -2.02. The van der Waals surface area contributed by atoms with E-state index in [1.807, 2.05) is 0 Å². The molecule has 0 saturated carbocycles. The summed E-state index contributed by atoms with van der Waals surface area (Å²) in [5, 5.41) is 2.65. The molecule has 1 heteroatoms. The number of benzene rings is 4. The van der Waals surface area contributed by atoms with Gasteiger partial charge in [0.05, 0.1) is 0 Å². The van der Waals surface area contributed by atoms with E-state index in [4.69, 9.17) is 0 Å². The molecule has 0 saturated heterocycles. The van der Waals surface area contributed by atoms with Crippen molar-refractivity contribution in [3.8, 4) is 22.3 Å². The van der Waals surface area contributed by atoms with Gasteiger partial charge in [0.15, 0.2) is 0 Å². The van der Waals surface area contributed by atoms with Gasteiger partial charge in [0, 0.05) is 0 Å². The van der Waals surface area contributed by atoms with E-state index in [-0.39, 0.29) is 0 Å². The molecule has 0 radical (unpaired) electrons. The number of hydrogen-bond acceptors (Lipinski definition) is 0. The molecule has 0 heterocycles. The molecule has 0 nitrogen and oxygen atoms in total. The van der Waals surface area contributed by atoms with Crippen molar-refractivity contribution in [2.24, 2.45) is 0 Å². The molecule has 4 rings (SSSR count). The van der Waals surface area contributed by atoms with E-state index in [0.29, 0.717) is 0 Å². The molecule has 0 aliphatic rings. The number of fused-ring (bicyclic) bond motifs is 1. The Bertz CT molecular complexity index is 1050. The Morgan fingerprint density at radius 3 is 2.00 bits per heavy atom. The molecule has 0 aliphatic carbocycles. The van der Waals surface area contributed by atoms with Gasteiger partial charge in [-0.05, 0) is 0 Å². The molecule has 0 N–H and O–H groups in total. The van der Waals surface area contributed by atoms with Crippen LogP contribution >= 0.6 is 0 Å². The molecular weight excluding hydrogens is 373 g/mol. The van der Waals surface area contributed by atoms with Crippen molar-refractivity contribution in [2.45, 2.75) is 17.3 Å². The third-order valence-electron chi connectivity index (χ3n) is 5.01. The van der Waals surface area contributed by atoms with Crippen molar-refractivity contribution in [1.29, 1.82) is 0 Å². The van der Waals surface area contributed by atoms with Crippen LogP contribution < -0.4 is 4.40 Å². The zero-order valence-corrected chi connectivity index (χ0v) is 17.8. The number of hydrogen-bond donors (Lipinski definition) is 0. The van der Waals surface area contributed by atoms with E-state index in [0.717, 1.165) is 0 Å². The van der Waals surface area contributed by atoms with Crippen LogP contribution in [0.2, 0.25) is 17.3 Å². The maximum absolute atomic E-state index is 2.48. The topological polar surface area (TPSA) is 0 Å². The first kappa shape index (κ1) is 17.1. The van der Waals surface area contributed by atoms with Gasteiger partial charge in [-0.3, -0.25) is 0 Å². The summed E-state index contributed by atoms with van der Waals surface area (Å²) in [5.74, 6) is 7.43. The third-order valence-corrected chi connectivity index (χ3v) is 9.32. The van der Waals surface area contributed by atoms with Gasteiger partial charge in [-0.15, -0.1) is 0 Å². The molecule has 4 aromatic carbocycles. The van der Waals surface area contributed by atoms with Gasteiger partial charge in [-0.2, -0.15) is 0 Å². The molecule has 0 bridgehead atoms. The van der Waals surface area contributed by atoms with Crippen molar-refractivity contribution >= 4 is 28.4 Å². The second-order valence-electron chi connectivity index (χ2n) is 7.90. The Morgan fingerprint density at radius 1 is 0.538 bits per heavy atom. The van der Waals surface area contributed by atoms with Crippen LogP contribution in [0.15, 0.2) is 91.0 Å². The van der Waals surface area contributed by atoms with Gasteiger partial charge in [0.2, 0.25) is 0 Å². The quantitative estimate of drug-likeness (QED) is 0.337. The number of rotatable bonds is 3. The minimum atomic E-state index is -2.02. The van der Waals surface area contributed by atoms with E-state index < -0.39 is 13.3 Å². The van der Waals surface area contributed by atoms with E-state index in [2.05, 4.69) is 108 Å². The van der Waals surface area contributed by atoms with Crippen molar-refractivity contribution in [3.63, 3.8) is 0 Å². The van der Waals surface area contributed by atoms with Gasteiger partial charge in [0.25, 0.3) is 0 Å². The molecular formula is C25H24Ge. The van der Waals surface area contributed by atoms with Crippen LogP contribution in [0, 0.1) is 0 Å². The molecule has 0 aliphatic heterocycles. The fourth-order valence-corrected chi connectivity index (χ4v) is 7.04. The van der Waals surface area contributed by atoms with Crippen molar-refractivity contribution in [1.82, 2.24) is 0 Å². The summed E-state index contributed by atoms with van der Waals surface area (Å²) in [6.45, 7) is 0. The third kappa shape index (κ3) is 3.22. The Labute approximate surface area is 158 Å². The summed E-state index contributed by atoms with van der Waals surface area (Å²) in [4.78, 5) is 0. The average Bonchev–Trinajstić information content (AvgIpc) is 2.67. The van der Waals surface area contributed by atoms with E-state index in [9.17, 15) is 0 Å². The second kappa shape index (κ2) is 6.77. The van der Waals surface area contributed by atoms with Crippen LogP contribution in [-0.2, 0) is 0 Å². The Kier molecular flexibility index (Phi) is 4.46. The van der Waals surface area contributed by atoms with Crippen molar-refractivity contribution < 1.29 is 0 Å². The molecule has 0 amide bonds. The van der Waals surface area contributed by atoms with Crippen LogP contribution in [0.3, 0.4) is 0 Å². The summed E-state index contributed by atoms with van der Waals surface area (Å²) < 4.78 is 1.57. The van der Waals surface area contributed by atoms with E-state index >= 15 is 0 Å². The molecule has 128 valence electrons. The molecule has 26 heavy (non-hydrogen) atoms. The molecule has 0 spiro atoms. The molecule has 4 aromatic rings. The standard InChI is InChI=1S/C25H24Ge/c1-26(2,3)25-17-16-21(19-10-5-4-6-11-19)18-24(25)23-15-9-13-20-12-7-8-14-22(20)23/h4-18H,1-3H3. The van der Waals surface area contributed by atoms with E-state index in [1.165, 1.54) is 33.0 Å². The summed E-state index contributed by atoms with van der Waals surface area (Å²) in [7, 11) is 0. The Morgan fingerprint density at radius 2 is 1.23 bits per heavy atom. The van der Waals surface area contributed by atoms with Crippen molar-refractivity contribution in [2.75, 3.05) is 0 Å². The predicted octanol–water partition coefficient (Wildman–Crippen LogP) is 6.72. The average molecular weight is 397 g/mol. The summed E-state index contributed by atoms with van der Waals surface area (Å²) in [6.07, 6.45) is 0. The van der Waals surface area contributed by atoms with Crippen LogP contribution in [0.5, 0.6) is 0 Å². The SMILES string of the molecule is [CH3][Ge]([CH3])([CH3])[c]1ccc(-c2ccccc2)cc1-c1cccc2ccccc12. The normalized spacial score (nSPS) is 11.7. The Balaban J connectivity index is 2.01. The fraction of sp³-hybridized carbons (Fsp3) is 0.120. The predicted molar refractivity (Wildman–Crippen MR) is 118 cm³/mol. The maximum atomic E-state index is 2.48.